The number of halogens is 1. The predicted molar refractivity (Wildman–Crippen MR) is 89.0 cm³/mol. The van der Waals surface area contributed by atoms with E-state index in [-0.39, 0.29) is 10.6 Å². The van der Waals surface area contributed by atoms with Crippen LogP contribution in [0.1, 0.15) is 5.69 Å². The minimum absolute atomic E-state index is 0.116. The molecule has 0 unspecified atom stereocenters. The fourth-order valence-electron chi connectivity index (χ4n) is 2.33. The van der Waals surface area contributed by atoms with Crippen LogP contribution in [0.5, 0.6) is 5.75 Å². The predicted octanol–water partition coefficient (Wildman–Crippen LogP) is 2.97. The Morgan fingerprint density at radius 3 is 2.16 bits per heavy atom. The van der Waals surface area contributed by atoms with E-state index >= 15 is 0 Å². The highest BCUT2D eigenvalue weighted by atomic mass is 32.3. The second kappa shape index (κ2) is 6.08. The summed E-state index contributed by atoms with van der Waals surface area (Å²) in [7, 11) is -9.12. The first-order valence-electron chi connectivity index (χ1n) is 7.02. The summed E-state index contributed by atoms with van der Waals surface area (Å²) in [5.41, 5.74) is 0.720. The van der Waals surface area contributed by atoms with E-state index < -0.39 is 25.2 Å². The summed E-state index contributed by atoms with van der Waals surface area (Å²) < 4.78 is 64.5. The van der Waals surface area contributed by atoms with Crippen molar-refractivity contribution in [2.45, 2.75) is 16.7 Å². The van der Waals surface area contributed by atoms with Gasteiger partial charge in [-0.2, -0.15) is 16.8 Å². The third-order valence-corrected chi connectivity index (χ3v) is 5.64. The maximum absolute atomic E-state index is 12.9. The molecule has 0 fully saturated rings. The number of hydrogen-bond acceptors (Lipinski definition) is 6. The van der Waals surface area contributed by atoms with Crippen molar-refractivity contribution in [3.63, 3.8) is 0 Å². The number of pyridine rings is 1. The van der Waals surface area contributed by atoms with Crippen LogP contribution in [0.15, 0.2) is 64.5 Å². The molecule has 0 radical (unpaired) electrons. The molecule has 1 aromatic heterocycles. The lowest BCUT2D eigenvalue weighted by Crippen LogP contribution is -2.10. The van der Waals surface area contributed by atoms with E-state index in [0.29, 0.717) is 5.39 Å². The summed E-state index contributed by atoms with van der Waals surface area (Å²) in [6.07, 6.45) is 1.54. The van der Waals surface area contributed by atoms with E-state index in [4.69, 9.17) is 4.18 Å². The highest BCUT2D eigenvalue weighted by Crippen LogP contribution is 2.29. The molecule has 0 saturated heterocycles. The zero-order valence-corrected chi connectivity index (χ0v) is 14.5. The van der Waals surface area contributed by atoms with Crippen LogP contribution >= 0.6 is 0 Å². The first kappa shape index (κ1) is 17.3. The van der Waals surface area contributed by atoms with Crippen LogP contribution in [-0.2, 0) is 20.3 Å². The van der Waals surface area contributed by atoms with Gasteiger partial charge in [-0.15, -0.1) is 3.89 Å². The van der Waals surface area contributed by atoms with Crippen LogP contribution in [0.4, 0.5) is 3.89 Å². The van der Waals surface area contributed by atoms with Crippen molar-refractivity contribution in [3.05, 3.63) is 60.4 Å². The van der Waals surface area contributed by atoms with Gasteiger partial charge in [-0.25, -0.2) is 0 Å². The summed E-state index contributed by atoms with van der Waals surface area (Å²) >= 11 is 0. The van der Waals surface area contributed by atoms with E-state index in [1.807, 2.05) is 0 Å². The van der Waals surface area contributed by atoms with Gasteiger partial charge in [0.1, 0.15) is 4.90 Å². The Morgan fingerprint density at radius 2 is 1.52 bits per heavy atom. The molecule has 25 heavy (non-hydrogen) atoms. The van der Waals surface area contributed by atoms with Crippen LogP contribution in [0.25, 0.3) is 10.8 Å². The first-order chi connectivity index (χ1) is 11.7. The lowest BCUT2D eigenvalue weighted by molar-refractivity contribution is 0.488. The SMILES string of the molecule is Cc1nccc2c(OS(=O)(=O)c3ccc(S(=O)(=O)F)cc3)cccc12. The van der Waals surface area contributed by atoms with E-state index in [1.54, 1.807) is 25.1 Å². The lowest BCUT2D eigenvalue weighted by atomic mass is 10.1. The van der Waals surface area contributed by atoms with Crippen molar-refractivity contribution < 1.29 is 24.9 Å². The van der Waals surface area contributed by atoms with Gasteiger partial charge < -0.3 is 4.18 Å². The number of nitrogens with zero attached hydrogens (tertiary/aromatic N) is 1. The largest absolute Gasteiger partial charge is 0.378 e. The maximum Gasteiger partial charge on any atom is 0.339 e. The fourth-order valence-corrected chi connectivity index (χ4v) is 3.74. The van der Waals surface area contributed by atoms with Gasteiger partial charge in [-0.05, 0) is 43.3 Å². The number of rotatable bonds is 4. The number of benzene rings is 2. The lowest BCUT2D eigenvalue weighted by Gasteiger charge is -2.10. The summed E-state index contributed by atoms with van der Waals surface area (Å²) in [6, 6.07) is 10.2. The summed E-state index contributed by atoms with van der Waals surface area (Å²) in [5, 5.41) is 1.32. The molecule has 2 aromatic carbocycles. The molecule has 6 nitrogen and oxygen atoms in total. The normalized spacial score (nSPS) is 12.2. The first-order valence-corrected chi connectivity index (χ1v) is 9.81. The Bertz CT molecular complexity index is 1160. The summed E-state index contributed by atoms with van der Waals surface area (Å²) in [6.45, 7) is 1.79. The number of hydrogen-bond donors (Lipinski definition) is 0. The molecule has 3 rings (SSSR count). The molecule has 0 atom stereocenters. The van der Waals surface area contributed by atoms with Crippen molar-refractivity contribution in [2.75, 3.05) is 0 Å². The number of aromatic nitrogens is 1. The number of fused-ring (bicyclic) bond motifs is 1. The average Bonchev–Trinajstić information content (AvgIpc) is 2.55. The molecule has 0 aliphatic carbocycles. The van der Waals surface area contributed by atoms with Crippen molar-refractivity contribution in [1.82, 2.24) is 4.98 Å². The highest BCUT2D eigenvalue weighted by Gasteiger charge is 2.20. The topological polar surface area (TPSA) is 90.4 Å². The molecule has 0 spiro atoms. The molecule has 0 aliphatic rings. The molecule has 0 N–H and O–H groups in total. The van der Waals surface area contributed by atoms with Crippen molar-refractivity contribution in [2.24, 2.45) is 0 Å². The minimum Gasteiger partial charge on any atom is -0.378 e. The molecule has 0 saturated carbocycles. The Kier molecular flexibility index (Phi) is 4.21. The van der Waals surface area contributed by atoms with Gasteiger partial charge in [-0.3, -0.25) is 4.98 Å². The third kappa shape index (κ3) is 3.47. The Balaban J connectivity index is 2.01. The summed E-state index contributed by atoms with van der Waals surface area (Å²) in [5.74, 6) is 0.116. The van der Waals surface area contributed by atoms with Gasteiger partial charge in [0.2, 0.25) is 0 Å². The quantitative estimate of drug-likeness (QED) is 0.510. The zero-order chi connectivity index (χ0) is 18.2. The molecule has 130 valence electrons. The molecule has 0 bridgehead atoms. The van der Waals surface area contributed by atoms with Crippen LogP contribution < -0.4 is 4.18 Å². The minimum atomic E-state index is -4.90. The standard InChI is InChI=1S/C16H12FNO5S2/c1-11-14-3-2-4-16(15(14)9-10-18-11)23-25(21,22)13-7-5-12(6-8-13)24(17,19)20/h2-10H,1H3. The van der Waals surface area contributed by atoms with Crippen molar-refractivity contribution in [3.8, 4) is 5.75 Å². The Hall–Kier alpha value is -2.52. The van der Waals surface area contributed by atoms with E-state index in [9.17, 15) is 20.7 Å². The molecule has 1 heterocycles. The molecular formula is C16H12FNO5S2. The second-order valence-electron chi connectivity index (χ2n) is 5.19. The molecule has 0 aliphatic heterocycles. The van der Waals surface area contributed by atoms with Gasteiger partial charge in [0.25, 0.3) is 0 Å². The van der Waals surface area contributed by atoms with Gasteiger partial charge in [0, 0.05) is 22.7 Å². The maximum atomic E-state index is 12.9. The highest BCUT2D eigenvalue weighted by molar-refractivity contribution is 7.87. The average molecular weight is 381 g/mol. The van der Waals surface area contributed by atoms with Crippen molar-refractivity contribution in [1.29, 1.82) is 0 Å². The molecular weight excluding hydrogens is 369 g/mol. The van der Waals surface area contributed by atoms with Crippen LogP contribution in [0.3, 0.4) is 0 Å². The van der Waals surface area contributed by atoms with Crippen LogP contribution in [0.2, 0.25) is 0 Å². The molecule has 3 aromatic rings. The van der Waals surface area contributed by atoms with Gasteiger partial charge in [0.05, 0.1) is 4.90 Å². The van der Waals surface area contributed by atoms with Gasteiger partial charge >= 0.3 is 20.3 Å². The fraction of sp³-hybridized carbons (Fsp3) is 0.0625. The number of aryl methyl sites for hydroxylation is 1. The van der Waals surface area contributed by atoms with Gasteiger partial charge in [0.15, 0.2) is 5.75 Å². The summed E-state index contributed by atoms with van der Waals surface area (Å²) in [4.78, 5) is 3.22. The molecule has 0 amide bonds. The van der Waals surface area contributed by atoms with E-state index in [2.05, 4.69) is 4.98 Å². The smallest absolute Gasteiger partial charge is 0.339 e. The Morgan fingerprint density at radius 1 is 0.880 bits per heavy atom. The monoisotopic (exact) mass is 381 g/mol. The van der Waals surface area contributed by atoms with Gasteiger partial charge in [-0.1, -0.05) is 12.1 Å². The van der Waals surface area contributed by atoms with Crippen LogP contribution in [-0.4, -0.2) is 21.8 Å². The third-order valence-electron chi connectivity index (χ3n) is 3.56. The van der Waals surface area contributed by atoms with Crippen LogP contribution in [0, 0.1) is 6.92 Å². The van der Waals surface area contributed by atoms with Crippen molar-refractivity contribution >= 4 is 31.1 Å². The zero-order valence-electron chi connectivity index (χ0n) is 12.9. The molecule has 9 heteroatoms. The second-order valence-corrected chi connectivity index (χ2v) is 8.09. The van der Waals surface area contributed by atoms with E-state index in [1.165, 1.54) is 12.3 Å². The van der Waals surface area contributed by atoms with E-state index in [0.717, 1.165) is 35.3 Å². The Labute approximate surface area is 144 Å².